The number of para-hydroxylation sites is 1. The molecule has 0 spiro atoms. The number of aromatic nitrogens is 4. The number of fused-ring (bicyclic) bond motifs is 2. The van der Waals surface area contributed by atoms with Crippen molar-refractivity contribution >= 4 is 17.3 Å². The Morgan fingerprint density at radius 1 is 0.776 bits per heavy atom. The predicted molar refractivity (Wildman–Crippen MR) is 187 cm³/mol. The molecule has 1 saturated carbocycles. The number of nitrogens with zero attached hydrogens (tertiary/aromatic N) is 5. The van der Waals surface area contributed by atoms with Gasteiger partial charge < -0.3 is 15.0 Å². The van der Waals surface area contributed by atoms with E-state index in [1.54, 1.807) is 12.1 Å². The van der Waals surface area contributed by atoms with Gasteiger partial charge >= 0.3 is 5.97 Å². The number of carboxylic acid groups (broad SMARTS) is 1. The molecule has 2 aliphatic rings. The third-order valence-electron chi connectivity index (χ3n) is 9.61. The van der Waals surface area contributed by atoms with Gasteiger partial charge in [-0.2, -0.15) is 0 Å². The van der Waals surface area contributed by atoms with Crippen LogP contribution in [0.2, 0.25) is 0 Å². The summed E-state index contributed by atoms with van der Waals surface area (Å²) in [7, 11) is 2.16. The summed E-state index contributed by atoms with van der Waals surface area (Å²) in [4.78, 5) is 29.8. The summed E-state index contributed by atoms with van der Waals surface area (Å²) in [6.07, 6.45) is 17.7. The summed E-state index contributed by atoms with van der Waals surface area (Å²) in [5.41, 5.74) is 9.94. The summed E-state index contributed by atoms with van der Waals surface area (Å²) in [6.45, 7) is 0. The third kappa shape index (κ3) is 6.42. The van der Waals surface area contributed by atoms with E-state index in [0.717, 1.165) is 16.9 Å². The van der Waals surface area contributed by atoms with Crippen molar-refractivity contribution in [1.82, 2.24) is 19.9 Å². The number of carbonyl (C=O) groups is 1. The van der Waals surface area contributed by atoms with E-state index in [4.69, 9.17) is 10.1 Å². The Balaban J connectivity index is 0.000000364. The summed E-state index contributed by atoms with van der Waals surface area (Å²) >= 11 is 0. The van der Waals surface area contributed by atoms with Crippen LogP contribution in [0.25, 0.3) is 11.3 Å². The maximum Gasteiger partial charge on any atom is 0.354 e. The van der Waals surface area contributed by atoms with Gasteiger partial charge in [0, 0.05) is 70.0 Å². The first-order valence-corrected chi connectivity index (χ1v) is 16.4. The van der Waals surface area contributed by atoms with Crippen molar-refractivity contribution in [2.45, 2.75) is 43.4 Å². The molecule has 1 fully saturated rings. The molecule has 247 valence electrons. The number of carboxylic acids is 1. The molecule has 0 atom stereocenters. The maximum atomic E-state index is 10.1. The van der Waals surface area contributed by atoms with E-state index in [-0.39, 0.29) is 25.8 Å². The molecule has 49 heavy (non-hydrogen) atoms. The van der Waals surface area contributed by atoms with Crippen molar-refractivity contribution in [2.24, 2.45) is 0 Å². The molecular weight excluding hydrogens is 787 g/mol. The van der Waals surface area contributed by atoms with Crippen LogP contribution in [0.5, 0.6) is 0 Å². The van der Waals surface area contributed by atoms with Crippen molar-refractivity contribution < 1.29 is 30.0 Å². The second-order valence-electron chi connectivity index (χ2n) is 12.2. The van der Waals surface area contributed by atoms with Crippen LogP contribution in [0.3, 0.4) is 0 Å². The molecule has 0 bridgehead atoms. The molecule has 4 aromatic heterocycles. The first-order valence-electron chi connectivity index (χ1n) is 16.4. The number of hydrogen-bond acceptors (Lipinski definition) is 6. The van der Waals surface area contributed by atoms with Crippen LogP contribution in [-0.4, -0.2) is 38.1 Å². The summed E-state index contributed by atoms with van der Waals surface area (Å²) in [6, 6.07) is 34.4. The molecule has 7 nitrogen and oxygen atoms in total. The van der Waals surface area contributed by atoms with E-state index in [1.165, 1.54) is 77.9 Å². The Labute approximate surface area is 300 Å². The molecule has 0 amide bonds. The van der Waals surface area contributed by atoms with Crippen molar-refractivity contribution in [3.05, 3.63) is 168 Å². The second kappa shape index (κ2) is 15.0. The van der Waals surface area contributed by atoms with Crippen LogP contribution >= 0.6 is 0 Å². The van der Waals surface area contributed by atoms with Crippen LogP contribution in [0, 0.1) is 6.07 Å². The summed E-state index contributed by atoms with van der Waals surface area (Å²) in [5, 5.41) is 8.32. The van der Waals surface area contributed by atoms with Crippen molar-refractivity contribution in [3.63, 3.8) is 0 Å². The van der Waals surface area contributed by atoms with E-state index in [2.05, 4.69) is 112 Å². The normalized spacial score (nSPS) is 14.7. The second-order valence-corrected chi connectivity index (χ2v) is 12.2. The molecule has 2 aromatic carbocycles. The Morgan fingerprint density at radius 3 is 2.04 bits per heavy atom. The molecule has 0 saturated heterocycles. The zero-order chi connectivity index (χ0) is 32.9. The zero-order valence-corrected chi connectivity index (χ0v) is 29.6. The van der Waals surface area contributed by atoms with Crippen LogP contribution in [0.4, 0.5) is 11.4 Å². The fraction of sp³-hybridized carbons (Fsp3) is 0.195. The topological polar surface area (TPSA) is 92.1 Å². The van der Waals surface area contributed by atoms with Crippen LogP contribution in [-0.2, 0) is 25.5 Å². The van der Waals surface area contributed by atoms with Gasteiger partial charge in [-0.05, 0) is 94.9 Å². The third-order valence-corrected chi connectivity index (χ3v) is 9.61. The average molecular weight is 823 g/mol. The molecule has 8 rings (SSSR count). The minimum absolute atomic E-state index is 0. The molecule has 1 N–H and O–H groups in total. The Hall–Kier alpha value is -5.04. The number of pyridine rings is 4. The standard InChI is InChI=1S/C35H31N4.C6H5NO2.Ir/c1-39-33-13-6-5-11-30(33)35(27-16-20-36-21-17-27,28-18-22-37-23-19-28)31-12-7-10-29(34(31)39)32-15-14-26(24-38-32)25-8-3-2-4-9-25;8-6(9)5-3-1-2-4-7-5;/h5-7,11-25H,2-4,8-9H2,1H3;1-4H,(H,8,9);/q-1;;. The van der Waals surface area contributed by atoms with Gasteiger partial charge in [-0.1, -0.05) is 61.2 Å². The number of aromatic carboxylic acids is 1. The zero-order valence-electron chi connectivity index (χ0n) is 27.2. The van der Waals surface area contributed by atoms with Crippen LogP contribution in [0.1, 0.15) is 76.3 Å². The molecule has 1 aliphatic heterocycles. The van der Waals surface area contributed by atoms with Gasteiger partial charge in [0.25, 0.3) is 0 Å². The van der Waals surface area contributed by atoms with E-state index < -0.39 is 11.4 Å². The molecule has 5 heterocycles. The minimum atomic E-state index is -0.990. The molecule has 0 unspecified atom stereocenters. The smallest absolute Gasteiger partial charge is 0.354 e. The number of rotatable bonds is 5. The van der Waals surface area contributed by atoms with Gasteiger partial charge in [-0.15, -0.1) is 23.8 Å². The fourth-order valence-electron chi connectivity index (χ4n) is 7.40. The van der Waals surface area contributed by atoms with E-state index >= 15 is 0 Å². The maximum absolute atomic E-state index is 10.1. The van der Waals surface area contributed by atoms with E-state index in [0.29, 0.717) is 5.92 Å². The molecule has 1 aliphatic carbocycles. The van der Waals surface area contributed by atoms with Crippen LogP contribution in [0.15, 0.2) is 128 Å². The van der Waals surface area contributed by atoms with E-state index in [1.807, 2.05) is 24.8 Å². The Bertz CT molecular complexity index is 1960. The Kier molecular flexibility index (Phi) is 10.4. The summed E-state index contributed by atoms with van der Waals surface area (Å²) < 4.78 is 0. The van der Waals surface area contributed by atoms with Gasteiger partial charge in [0.2, 0.25) is 0 Å². The number of hydrogen-bond donors (Lipinski definition) is 1. The van der Waals surface area contributed by atoms with Gasteiger partial charge in [0.15, 0.2) is 0 Å². The van der Waals surface area contributed by atoms with E-state index in [9.17, 15) is 4.79 Å². The first kappa shape index (κ1) is 33.8. The van der Waals surface area contributed by atoms with Crippen LogP contribution < -0.4 is 4.90 Å². The Morgan fingerprint density at radius 2 is 1.45 bits per heavy atom. The predicted octanol–water partition coefficient (Wildman–Crippen LogP) is 8.63. The van der Waals surface area contributed by atoms with Crippen molar-refractivity contribution in [1.29, 1.82) is 0 Å². The monoisotopic (exact) mass is 823 g/mol. The molecule has 1 radical (unpaired) electrons. The molecule has 8 heteroatoms. The largest absolute Gasteiger partial charge is 0.477 e. The SMILES string of the molecule is CN1c2ccccc2C(c2ccncc2)(c2ccncc2)c2cc[c-]c(-c3ccc(C4CCCCC4)cn3)c21.O=C(O)c1ccccn1.[Ir]. The summed E-state index contributed by atoms with van der Waals surface area (Å²) in [5.74, 6) is -0.356. The van der Waals surface area contributed by atoms with Gasteiger partial charge in [-0.25, -0.2) is 9.78 Å². The molecule has 6 aromatic rings. The van der Waals surface area contributed by atoms with Gasteiger partial charge in [0.1, 0.15) is 5.69 Å². The average Bonchev–Trinajstić information content (AvgIpc) is 3.17. The van der Waals surface area contributed by atoms with Crippen molar-refractivity contribution in [2.75, 3.05) is 11.9 Å². The quantitative estimate of drug-likeness (QED) is 0.174. The molecular formula is C41H36IrN5O2-. The number of benzene rings is 2. The number of anilines is 2. The van der Waals surface area contributed by atoms with Gasteiger partial charge in [0.05, 0.1) is 5.41 Å². The van der Waals surface area contributed by atoms with Gasteiger partial charge in [-0.3, -0.25) is 9.97 Å². The minimum Gasteiger partial charge on any atom is -0.477 e. The first-order chi connectivity index (χ1) is 23.6. The fourth-order valence-corrected chi connectivity index (χ4v) is 7.40. The van der Waals surface area contributed by atoms with Crippen molar-refractivity contribution in [3.8, 4) is 11.3 Å².